The normalized spacial score (nSPS) is 22.2. The van der Waals surface area contributed by atoms with E-state index < -0.39 is 0 Å². The van der Waals surface area contributed by atoms with Crippen LogP contribution >= 0.6 is 0 Å². The van der Waals surface area contributed by atoms with Crippen LogP contribution in [0, 0.1) is 0 Å². The van der Waals surface area contributed by atoms with E-state index in [1.54, 1.807) is 0 Å². The molecule has 1 fully saturated rings. The van der Waals surface area contributed by atoms with Crippen molar-refractivity contribution in [3.63, 3.8) is 0 Å². The van der Waals surface area contributed by atoms with Gasteiger partial charge in [0.2, 0.25) is 5.89 Å². The van der Waals surface area contributed by atoms with Crippen molar-refractivity contribution in [3.05, 3.63) is 11.7 Å². The molecule has 96 valence electrons. The molecular weight excluding hydrogens is 220 g/mol. The summed E-state index contributed by atoms with van der Waals surface area (Å²) in [6.45, 7) is 7.78. The molecule has 1 aliphatic heterocycles. The molecule has 17 heavy (non-hydrogen) atoms. The molecule has 1 saturated heterocycles. The molecule has 0 spiro atoms. The zero-order valence-electron chi connectivity index (χ0n) is 10.4. The molecule has 0 aliphatic carbocycles. The molecule has 1 aromatic heterocycles. The number of ether oxygens (including phenoxy) is 1. The van der Waals surface area contributed by atoms with Crippen LogP contribution in [0.25, 0.3) is 0 Å². The van der Waals surface area contributed by atoms with E-state index in [1.165, 1.54) is 0 Å². The van der Waals surface area contributed by atoms with Gasteiger partial charge in [-0.25, -0.2) is 0 Å². The van der Waals surface area contributed by atoms with Crippen LogP contribution in [-0.2, 0) is 11.3 Å². The lowest BCUT2D eigenvalue weighted by Gasteiger charge is -2.31. The van der Waals surface area contributed by atoms with E-state index in [4.69, 9.17) is 15.0 Å². The molecule has 2 heterocycles. The fourth-order valence-electron chi connectivity index (χ4n) is 1.83. The summed E-state index contributed by atoms with van der Waals surface area (Å²) < 4.78 is 10.7. The Bertz CT molecular complexity index is 353. The van der Waals surface area contributed by atoms with Gasteiger partial charge in [0.05, 0.1) is 19.3 Å². The Morgan fingerprint density at radius 2 is 2.35 bits per heavy atom. The van der Waals surface area contributed by atoms with Crippen molar-refractivity contribution in [1.29, 1.82) is 0 Å². The molecule has 1 atom stereocenters. The zero-order valence-corrected chi connectivity index (χ0v) is 10.4. The summed E-state index contributed by atoms with van der Waals surface area (Å²) in [4.78, 5) is 6.61. The number of rotatable bonds is 4. The van der Waals surface area contributed by atoms with Gasteiger partial charge in [0, 0.05) is 25.6 Å². The summed E-state index contributed by atoms with van der Waals surface area (Å²) in [5.74, 6) is 1.72. The van der Waals surface area contributed by atoms with Crippen LogP contribution in [0.1, 0.15) is 31.5 Å². The number of hydrogen-bond donors (Lipinski definition) is 1. The van der Waals surface area contributed by atoms with Gasteiger partial charge < -0.3 is 15.0 Å². The van der Waals surface area contributed by atoms with Crippen LogP contribution in [0.5, 0.6) is 0 Å². The molecule has 2 N–H and O–H groups in total. The Morgan fingerprint density at radius 1 is 1.53 bits per heavy atom. The molecule has 1 unspecified atom stereocenters. The maximum Gasteiger partial charge on any atom is 0.229 e. The molecule has 0 amide bonds. The smallest absolute Gasteiger partial charge is 0.229 e. The average molecular weight is 240 g/mol. The van der Waals surface area contributed by atoms with Gasteiger partial charge >= 0.3 is 0 Å². The van der Waals surface area contributed by atoms with E-state index in [2.05, 4.69) is 15.0 Å². The lowest BCUT2D eigenvalue weighted by molar-refractivity contribution is -0.0269. The minimum atomic E-state index is 0.125. The molecule has 0 radical (unpaired) electrons. The predicted octanol–water partition coefficient (Wildman–Crippen LogP) is 0.353. The minimum absolute atomic E-state index is 0.125. The van der Waals surface area contributed by atoms with Crippen LogP contribution in [-0.4, -0.2) is 47.4 Å². The molecule has 0 aromatic carbocycles. The Morgan fingerprint density at radius 3 is 3.00 bits per heavy atom. The highest BCUT2D eigenvalue weighted by Gasteiger charge is 2.21. The van der Waals surface area contributed by atoms with Crippen molar-refractivity contribution in [2.45, 2.75) is 32.4 Å². The molecular formula is C11H20N4O2. The second kappa shape index (κ2) is 5.57. The van der Waals surface area contributed by atoms with E-state index >= 15 is 0 Å². The van der Waals surface area contributed by atoms with E-state index in [0.717, 1.165) is 25.5 Å². The van der Waals surface area contributed by atoms with Gasteiger partial charge in [-0.05, 0) is 0 Å². The Labute approximate surface area is 101 Å². The average Bonchev–Trinajstić information content (AvgIpc) is 2.78. The topological polar surface area (TPSA) is 77.4 Å². The highest BCUT2D eigenvalue weighted by Crippen LogP contribution is 2.13. The molecule has 1 aromatic rings. The summed E-state index contributed by atoms with van der Waals surface area (Å²) in [7, 11) is 0. The van der Waals surface area contributed by atoms with Crippen molar-refractivity contribution in [2.75, 3.05) is 26.2 Å². The zero-order chi connectivity index (χ0) is 12.3. The molecule has 6 nitrogen and oxygen atoms in total. The third-order valence-electron chi connectivity index (χ3n) is 2.83. The van der Waals surface area contributed by atoms with E-state index in [0.29, 0.717) is 19.0 Å². The van der Waals surface area contributed by atoms with Gasteiger partial charge in [0.25, 0.3) is 0 Å². The van der Waals surface area contributed by atoms with Crippen molar-refractivity contribution < 1.29 is 9.26 Å². The number of nitrogens with zero attached hydrogens (tertiary/aromatic N) is 3. The molecule has 0 saturated carbocycles. The van der Waals surface area contributed by atoms with Crippen LogP contribution in [0.4, 0.5) is 0 Å². The maximum atomic E-state index is 5.60. The Hall–Kier alpha value is -0.980. The van der Waals surface area contributed by atoms with Crippen molar-refractivity contribution in [1.82, 2.24) is 15.0 Å². The van der Waals surface area contributed by atoms with E-state index in [-0.39, 0.29) is 12.0 Å². The summed E-state index contributed by atoms with van der Waals surface area (Å²) in [6, 6.07) is 0. The first-order valence-electron chi connectivity index (χ1n) is 6.05. The maximum absolute atomic E-state index is 5.60. The fraction of sp³-hybridized carbons (Fsp3) is 0.818. The number of aromatic nitrogens is 2. The lowest BCUT2D eigenvalue weighted by Crippen LogP contribution is -2.45. The molecule has 1 aliphatic rings. The van der Waals surface area contributed by atoms with Gasteiger partial charge in [-0.3, -0.25) is 4.90 Å². The van der Waals surface area contributed by atoms with Crippen LogP contribution < -0.4 is 5.73 Å². The van der Waals surface area contributed by atoms with Crippen molar-refractivity contribution in [2.24, 2.45) is 5.73 Å². The first kappa shape index (κ1) is 12.5. The number of hydrogen-bond acceptors (Lipinski definition) is 6. The van der Waals surface area contributed by atoms with E-state index in [9.17, 15) is 0 Å². The molecule has 0 bridgehead atoms. The highest BCUT2D eigenvalue weighted by atomic mass is 16.5. The van der Waals surface area contributed by atoms with Crippen LogP contribution in [0.2, 0.25) is 0 Å². The third kappa shape index (κ3) is 3.24. The van der Waals surface area contributed by atoms with Crippen molar-refractivity contribution >= 4 is 0 Å². The Kier molecular flexibility index (Phi) is 4.09. The quantitative estimate of drug-likeness (QED) is 0.818. The second-order valence-corrected chi connectivity index (χ2v) is 4.67. The summed E-state index contributed by atoms with van der Waals surface area (Å²) in [6.07, 6.45) is 0.125. The largest absolute Gasteiger partial charge is 0.374 e. The number of morpholine rings is 1. The predicted molar refractivity (Wildman–Crippen MR) is 62.5 cm³/mol. The van der Waals surface area contributed by atoms with Crippen LogP contribution in [0.15, 0.2) is 4.52 Å². The second-order valence-electron chi connectivity index (χ2n) is 4.67. The Balaban J connectivity index is 1.91. The van der Waals surface area contributed by atoms with E-state index in [1.807, 2.05) is 13.8 Å². The first-order chi connectivity index (χ1) is 8.19. The van der Waals surface area contributed by atoms with Crippen molar-refractivity contribution in [3.8, 4) is 0 Å². The summed E-state index contributed by atoms with van der Waals surface area (Å²) in [5.41, 5.74) is 5.60. The lowest BCUT2D eigenvalue weighted by atomic mass is 10.2. The first-order valence-corrected chi connectivity index (χ1v) is 6.05. The summed E-state index contributed by atoms with van der Waals surface area (Å²) in [5, 5.41) is 3.98. The van der Waals surface area contributed by atoms with Gasteiger partial charge in [-0.1, -0.05) is 19.0 Å². The van der Waals surface area contributed by atoms with Gasteiger partial charge in [0.1, 0.15) is 0 Å². The summed E-state index contributed by atoms with van der Waals surface area (Å²) >= 11 is 0. The fourth-order valence-corrected chi connectivity index (χ4v) is 1.83. The minimum Gasteiger partial charge on any atom is -0.374 e. The highest BCUT2D eigenvalue weighted by molar-refractivity contribution is 4.91. The third-order valence-corrected chi connectivity index (χ3v) is 2.83. The SMILES string of the molecule is CC(C)c1nc(CN2CCOC(CN)C2)no1. The standard InChI is InChI=1S/C11H20N4O2/c1-8(2)11-13-10(14-17-11)7-15-3-4-16-9(5-12)6-15/h8-9H,3-7,12H2,1-2H3. The van der Waals surface area contributed by atoms with Crippen LogP contribution in [0.3, 0.4) is 0 Å². The number of nitrogens with two attached hydrogens (primary N) is 1. The monoisotopic (exact) mass is 240 g/mol. The van der Waals surface area contributed by atoms with Gasteiger partial charge in [-0.15, -0.1) is 0 Å². The molecule has 6 heteroatoms. The van der Waals surface area contributed by atoms with Gasteiger partial charge in [-0.2, -0.15) is 4.98 Å². The van der Waals surface area contributed by atoms with Gasteiger partial charge in [0.15, 0.2) is 5.82 Å². The molecule has 2 rings (SSSR count).